The molecule has 0 aromatic heterocycles. The fourth-order valence-electron chi connectivity index (χ4n) is 1.83. The summed E-state index contributed by atoms with van der Waals surface area (Å²) in [5.74, 6) is -0.889. The lowest BCUT2D eigenvalue weighted by atomic mass is 10.0. The van der Waals surface area contributed by atoms with Gasteiger partial charge in [-0.1, -0.05) is 13.8 Å². The van der Waals surface area contributed by atoms with E-state index in [1.807, 2.05) is 13.8 Å². The summed E-state index contributed by atoms with van der Waals surface area (Å²) in [6.45, 7) is 5.69. The van der Waals surface area contributed by atoms with Crippen LogP contribution in [0.2, 0.25) is 0 Å². The number of amides is 1. The lowest BCUT2D eigenvalue weighted by Gasteiger charge is -2.14. The summed E-state index contributed by atoms with van der Waals surface area (Å²) in [5, 5.41) is 11.6. The highest BCUT2D eigenvalue weighted by Crippen LogP contribution is 2.16. The van der Waals surface area contributed by atoms with Gasteiger partial charge in [-0.15, -0.1) is 0 Å². The van der Waals surface area contributed by atoms with Gasteiger partial charge in [0.25, 0.3) is 0 Å². The maximum absolute atomic E-state index is 11.8. The van der Waals surface area contributed by atoms with Crippen molar-refractivity contribution in [2.75, 3.05) is 5.32 Å². The molecule has 0 fully saturated rings. The van der Waals surface area contributed by atoms with E-state index in [9.17, 15) is 9.59 Å². The van der Waals surface area contributed by atoms with E-state index in [1.54, 1.807) is 19.1 Å². The molecule has 4 N–H and O–H groups in total. The molecule has 0 aliphatic heterocycles. The van der Waals surface area contributed by atoms with E-state index in [4.69, 9.17) is 10.8 Å². The number of aromatic carboxylic acids is 1. The van der Waals surface area contributed by atoms with Gasteiger partial charge < -0.3 is 16.2 Å². The minimum atomic E-state index is -0.980. The van der Waals surface area contributed by atoms with Crippen molar-refractivity contribution in [1.29, 1.82) is 0 Å². The number of nitrogens with one attached hydrogen (secondary N) is 1. The van der Waals surface area contributed by atoms with Crippen molar-refractivity contribution in [2.45, 2.75) is 33.2 Å². The quantitative estimate of drug-likeness (QED) is 0.758. The number of carboxylic acids is 1. The lowest BCUT2D eigenvalue weighted by Crippen LogP contribution is -2.36. The minimum absolute atomic E-state index is 0.226. The molecular formula is C14H20N2O3. The molecule has 1 aromatic rings. The molecule has 0 heterocycles. The number of carbonyl (C=O) groups is 2. The molecule has 5 heteroatoms. The van der Waals surface area contributed by atoms with E-state index >= 15 is 0 Å². The number of anilines is 1. The van der Waals surface area contributed by atoms with E-state index < -0.39 is 12.0 Å². The number of hydrogen-bond donors (Lipinski definition) is 3. The largest absolute Gasteiger partial charge is 0.478 e. The van der Waals surface area contributed by atoms with Crippen LogP contribution in [0.15, 0.2) is 18.2 Å². The Morgan fingerprint density at radius 3 is 2.47 bits per heavy atom. The van der Waals surface area contributed by atoms with Gasteiger partial charge in [0.1, 0.15) is 0 Å². The van der Waals surface area contributed by atoms with Gasteiger partial charge in [-0.05, 0) is 43.0 Å². The van der Waals surface area contributed by atoms with Crippen LogP contribution in [0, 0.1) is 12.8 Å². The number of rotatable bonds is 5. The Hall–Kier alpha value is -1.88. The van der Waals surface area contributed by atoms with Gasteiger partial charge in [-0.25, -0.2) is 4.79 Å². The van der Waals surface area contributed by atoms with Crippen molar-refractivity contribution in [3.63, 3.8) is 0 Å². The summed E-state index contributed by atoms with van der Waals surface area (Å²) in [7, 11) is 0. The number of benzene rings is 1. The predicted octanol–water partition coefficient (Wildman–Crippen LogP) is 2.01. The summed E-state index contributed by atoms with van der Waals surface area (Å²) < 4.78 is 0. The topological polar surface area (TPSA) is 92.4 Å². The van der Waals surface area contributed by atoms with Crippen molar-refractivity contribution in [3.8, 4) is 0 Å². The van der Waals surface area contributed by atoms with E-state index in [2.05, 4.69) is 5.32 Å². The Bertz CT molecular complexity index is 484. The van der Waals surface area contributed by atoms with Crippen LogP contribution in [0.25, 0.3) is 0 Å². The second-order valence-electron chi connectivity index (χ2n) is 5.06. The summed E-state index contributed by atoms with van der Waals surface area (Å²) >= 11 is 0. The highest BCUT2D eigenvalue weighted by atomic mass is 16.4. The zero-order chi connectivity index (χ0) is 14.6. The standard InChI is InChI=1S/C14H20N2O3/c1-8(2)6-12(15)13(17)16-10-4-5-11(14(18)19)9(3)7-10/h4-5,7-8,12H,6,15H2,1-3H3,(H,16,17)(H,18,19)/t12-/m0/s1. The molecule has 19 heavy (non-hydrogen) atoms. The van der Waals surface area contributed by atoms with Crippen LogP contribution >= 0.6 is 0 Å². The molecule has 1 amide bonds. The molecule has 5 nitrogen and oxygen atoms in total. The highest BCUT2D eigenvalue weighted by molar-refractivity contribution is 5.96. The molecule has 1 rings (SSSR count). The first-order valence-corrected chi connectivity index (χ1v) is 6.21. The maximum Gasteiger partial charge on any atom is 0.335 e. The third-order valence-electron chi connectivity index (χ3n) is 2.79. The van der Waals surface area contributed by atoms with Gasteiger partial charge in [-0.2, -0.15) is 0 Å². The van der Waals surface area contributed by atoms with Gasteiger partial charge in [0.2, 0.25) is 5.91 Å². The first-order valence-electron chi connectivity index (χ1n) is 6.21. The second-order valence-corrected chi connectivity index (χ2v) is 5.06. The molecule has 0 aliphatic carbocycles. The van der Waals surface area contributed by atoms with Gasteiger partial charge in [0.05, 0.1) is 11.6 Å². The Morgan fingerprint density at radius 2 is 2.00 bits per heavy atom. The monoisotopic (exact) mass is 264 g/mol. The van der Waals surface area contributed by atoms with Crippen LogP contribution in [0.5, 0.6) is 0 Å². The van der Waals surface area contributed by atoms with Crippen molar-refractivity contribution in [3.05, 3.63) is 29.3 Å². The number of aryl methyl sites for hydroxylation is 1. The van der Waals surface area contributed by atoms with Crippen molar-refractivity contribution < 1.29 is 14.7 Å². The van der Waals surface area contributed by atoms with Crippen LogP contribution in [0.1, 0.15) is 36.2 Å². The van der Waals surface area contributed by atoms with Gasteiger partial charge in [0, 0.05) is 5.69 Å². The zero-order valence-corrected chi connectivity index (χ0v) is 11.4. The molecule has 0 saturated heterocycles. The molecule has 0 radical (unpaired) electrons. The second kappa shape index (κ2) is 6.33. The summed E-state index contributed by atoms with van der Waals surface area (Å²) in [5.41, 5.74) is 7.16. The third-order valence-corrected chi connectivity index (χ3v) is 2.79. The maximum atomic E-state index is 11.8. The van der Waals surface area contributed by atoms with Crippen LogP contribution in [-0.4, -0.2) is 23.0 Å². The SMILES string of the molecule is Cc1cc(NC(=O)[C@@H](N)CC(C)C)ccc1C(=O)O. The number of carboxylic acid groups (broad SMARTS) is 1. The van der Waals surface area contributed by atoms with Crippen LogP contribution in [-0.2, 0) is 4.79 Å². The fraction of sp³-hybridized carbons (Fsp3) is 0.429. The Labute approximate surface area is 112 Å². The van der Waals surface area contributed by atoms with Crippen molar-refractivity contribution >= 4 is 17.6 Å². The molecular weight excluding hydrogens is 244 g/mol. The number of nitrogens with two attached hydrogens (primary N) is 1. The molecule has 0 unspecified atom stereocenters. The van der Waals surface area contributed by atoms with Gasteiger partial charge in [-0.3, -0.25) is 4.79 Å². The molecule has 0 bridgehead atoms. The zero-order valence-electron chi connectivity index (χ0n) is 11.4. The van der Waals surface area contributed by atoms with E-state index in [0.29, 0.717) is 23.6 Å². The Kier molecular flexibility index (Phi) is 5.06. The molecule has 1 aromatic carbocycles. The molecule has 0 spiro atoms. The predicted molar refractivity (Wildman–Crippen MR) is 74.2 cm³/mol. The first-order chi connectivity index (χ1) is 8.81. The average molecular weight is 264 g/mol. The third kappa shape index (κ3) is 4.37. The van der Waals surface area contributed by atoms with Crippen LogP contribution < -0.4 is 11.1 Å². The molecule has 104 valence electrons. The highest BCUT2D eigenvalue weighted by Gasteiger charge is 2.15. The summed E-state index contributed by atoms with van der Waals surface area (Å²) in [6.07, 6.45) is 0.609. The fourth-order valence-corrected chi connectivity index (χ4v) is 1.83. The van der Waals surface area contributed by atoms with E-state index in [0.717, 1.165) is 0 Å². The molecule has 0 saturated carbocycles. The lowest BCUT2D eigenvalue weighted by molar-refractivity contribution is -0.117. The first kappa shape index (κ1) is 15.2. The number of hydrogen-bond acceptors (Lipinski definition) is 3. The normalized spacial score (nSPS) is 12.3. The van der Waals surface area contributed by atoms with Crippen molar-refractivity contribution in [2.24, 2.45) is 11.7 Å². The number of carbonyl (C=O) groups excluding carboxylic acids is 1. The van der Waals surface area contributed by atoms with Gasteiger partial charge in [0.15, 0.2) is 0 Å². The van der Waals surface area contributed by atoms with Crippen LogP contribution in [0.3, 0.4) is 0 Å². The van der Waals surface area contributed by atoms with Gasteiger partial charge >= 0.3 is 5.97 Å². The van der Waals surface area contributed by atoms with E-state index in [-0.39, 0.29) is 11.5 Å². The summed E-state index contributed by atoms with van der Waals surface area (Å²) in [6, 6.07) is 4.11. The Morgan fingerprint density at radius 1 is 1.37 bits per heavy atom. The van der Waals surface area contributed by atoms with E-state index in [1.165, 1.54) is 6.07 Å². The summed E-state index contributed by atoms with van der Waals surface area (Å²) in [4.78, 5) is 22.7. The smallest absolute Gasteiger partial charge is 0.335 e. The molecule has 1 atom stereocenters. The average Bonchev–Trinajstić information content (AvgIpc) is 2.27. The van der Waals surface area contributed by atoms with Crippen molar-refractivity contribution in [1.82, 2.24) is 0 Å². The Balaban J connectivity index is 2.75. The molecule has 0 aliphatic rings. The minimum Gasteiger partial charge on any atom is -0.478 e. The van der Waals surface area contributed by atoms with Crippen LogP contribution in [0.4, 0.5) is 5.69 Å².